The van der Waals surface area contributed by atoms with Crippen molar-refractivity contribution >= 4 is 81.3 Å². The van der Waals surface area contributed by atoms with Crippen LogP contribution in [0.25, 0.3) is 0 Å². The zero-order chi connectivity index (χ0) is 31.1. The molecule has 2 aromatic carbocycles. The highest BCUT2D eigenvalue weighted by Gasteiger charge is 2.34. The minimum Gasteiger partial charge on any atom is -0.464 e. The fourth-order valence-electron chi connectivity index (χ4n) is 4.13. The summed E-state index contributed by atoms with van der Waals surface area (Å²) >= 11 is 8.12. The van der Waals surface area contributed by atoms with Gasteiger partial charge in [0.2, 0.25) is 5.91 Å². The molecule has 0 aliphatic carbocycles. The van der Waals surface area contributed by atoms with Crippen LogP contribution in [0.1, 0.15) is 27.7 Å². The van der Waals surface area contributed by atoms with Gasteiger partial charge in [-0.25, -0.2) is 9.59 Å². The topological polar surface area (TPSA) is 162 Å². The molecule has 0 aromatic heterocycles. The molecule has 1 amide bonds. The number of hydrogen-bond donors (Lipinski definition) is 0. The van der Waals surface area contributed by atoms with Gasteiger partial charge in [-0.15, -0.1) is 23.5 Å². The zero-order valence-electron chi connectivity index (χ0n) is 23.1. The Morgan fingerprint density at radius 3 is 1.74 bits per heavy atom. The normalized spacial score (nSPS) is 15.3. The Labute approximate surface area is 255 Å². The number of thioether (sulfide) groups is 2. The predicted molar refractivity (Wildman–Crippen MR) is 162 cm³/mol. The second-order valence-corrected chi connectivity index (χ2v) is 11.3. The number of anilines is 2. The summed E-state index contributed by atoms with van der Waals surface area (Å²) < 4.78 is 9.94. The third-order valence-electron chi connectivity index (χ3n) is 6.10. The number of hydrogen-bond acceptors (Lipinski definition) is 12. The number of carbonyl (C=O) groups is 3. The summed E-state index contributed by atoms with van der Waals surface area (Å²) in [6.07, 6.45) is 0. The Morgan fingerprint density at radius 2 is 1.29 bits per heavy atom. The second-order valence-electron chi connectivity index (χ2n) is 8.78. The number of non-ortho nitro benzene ring substituents is 2. The summed E-state index contributed by atoms with van der Waals surface area (Å²) in [4.78, 5) is 61.8. The van der Waals surface area contributed by atoms with Gasteiger partial charge in [0.15, 0.2) is 0 Å². The van der Waals surface area contributed by atoms with E-state index in [1.54, 1.807) is 44.7 Å². The summed E-state index contributed by atoms with van der Waals surface area (Å²) in [5, 5.41) is 21.8. The lowest BCUT2D eigenvalue weighted by Crippen LogP contribution is -2.46. The number of fused-ring (bicyclic) bond motifs is 2. The van der Waals surface area contributed by atoms with Gasteiger partial charge in [0.25, 0.3) is 11.4 Å². The van der Waals surface area contributed by atoms with E-state index in [0.717, 1.165) is 9.79 Å². The van der Waals surface area contributed by atoms with E-state index < -0.39 is 33.9 Å². The number of carbonyl (C=O) groups excluding carboxylic acids is 3. The van der Waals surface area contributed by atoms with Crippen LogP contribution in [0, 0.1) is 20.2 Å². The summed E-state index contributed by atoms with van der Waals surface area (Å²) in [6, 6.07) is 7.44. The third kappa shape index (κ3) is 7.35. The molecule has 0 fully saturated rings. The third-order valence-corrected chi connectivity index (χ3v) is 8.74. The number of nitro benzene ring substituents is 2. The number of nitro groups is 2. The van der Waals surface area contributed by atoms with E-state index in [9.17, 15) is 34.6 Å². The molecule has 2 aromatic rings. The number of nitrogens with zero attached hydrogens (tertiary/aromatic N) is 4. The highest BCUT2D eigenvalue weighted by atomic mass is 32.2. The number of ether oxygens (including phenoxy) is 2. The standard InChI is InChI=1S/C13H14N2O5S.C13H14N2O4S2/c1-3-20-13(17)8(2)14-10-6-9(15(18)19)4-5-11(10)21-7-12(14)16;1-3-19-13(16)8(2)14-10-6-9(15(17)18)4-5-11(10)21-7-12(14)20/h2*4-6,8H,3,7H2,1-2H3. The number of esters is 2. The smallest absolute Gasteiger partial charge is 0.328 e. The van der Waals surface area contributed by atoms with E-state index in [2.05, 4.69) is 0 Å². The molecule has 0 saturated heterocycles. The molecule has 2 atom stereocenters. The quantitative estimate of drug-likeness (QED) is 0.169. The van der Waals surface area contributed by atoms with Crippen LogP contribution >= 0.6 is 35.7 Å². The summed E-state index contributed by atoms with van der Waals surface area (Å²) in [6.45, 7) is 7.13. The van der Waals surface area contributed by atoms with Crippen LogP contribution in [0.2, 0.25) is 0 Å². The highest BCUT2D eigenvalue weighted by Crippen LogP contribution is 2.40. The Bertz CT molecular complexity index is 1320. The van der Waals surface area contributed by atoms with Crippen LogP contribution in [0.5, 0.6) is 0 Å². The van der Waals surface area contributed by atoms with Crippen LogP contribution in [0.4, 0.5) is 22.7 Å². The molecule has 2 aliphatic rings. The lowest BCUT2D eigenvalue weighted by molar-refractivity contribution is -0.385. The maximum Gasteiger partial charge on any atom is 0.328 e. The van der Waals surface area contributed by atoms with Crippen molar-refractivity contribution in [1.82, 2.24) is 0 Å². The van der Waals surface area contributed by atoms with E-state index in [0.29, 0.717) is 22.1 Å². The Morgan fingerprint density at radius 1 is 0.857 bits per heavy atom. The molecule has 0 spiro atoms. The molecule has 4 rings (SSSR count). The van der Waals surface area contributed by atoms with Gasteiger partial charge < -0.3 is 14.4 Å². The van der Waals surface area contributed by atoms with Crippen molar-refractivity contribution in [3.63, 3.8) is 0 Å². The molecule has 2 unspecified atom stereocenters. The van der Waals surface area contributed by atoms with Crippen LogP contribution in [0.15, 0.2) is 46.2 Å². The molecule has 13 nitrogen and oxygen atoms in total. The molecular weight excluding hydrogens is 609 g/mol. The average molecular weight is 637 g/mol. The summed E-state index contributed by atoms with van der Waals surface area (Å²) in [5.74, 6) is -0.453. The second kappa shape index (κ2) is 14.4. The van der Waals surface area contributed by atoms with Crippen LogP contribution < -0.4 is 9.80 Å². The van der Waals surface area contributed by atoms with Gasteiger partial charge in [0, 0.05) is 39.8 Å². The van der Waals surface area contributed by atoms with Crippen molar-refractivity contribution < 1.29 is 33.7 Å². The molecule has 0 bridgehead atoms. The van der Waals surface area contributed by atoms with Crippen molar-refractivity contribution in [1.29, 1.82) is 0 Å². The van der Waals surface area contributed by atoms with E-state index in [1.165, 1.54) is 52.7 Å². The van der Waals surface area contributed by atoms with Crippen molar-refractivity contribution in [3.8, 4) is 0 Å². The molecule has 0 radical (unpaired) electrons. The van der Waals surface area contributed by atoms with E-state index >= 15 is 0 Å². The van der Waals surface area contributed by atoms with Gasteiger partial charge in [0.05, 0.1) is 45.2 Å². The molecule has 16 heteroatoms. The van der Waals surface area contributed by atoms with Gasteiger partial charge in [-0.3, -0.25) is 29.9 Å². The number of thiocarbonyl (C=S) groups is 1. The monoisotopic (exact) mass is 636 g/mol. The fraction of sp³-hybridized carbons (Fsp3) is 0.385. The first-order chi connectivity index (χ1) is 19.9. The molecule has 42 heavy (non-hydrogen) atoms. The van der Waals surface area contributed by atoms with Crippen molar-refractivity contribution in [2.45, 2.75) is 49.6 Å². The summed E-state index contributed by atoms with van der Waals surface area (Å²) in [7, 11) is 0. The van der Waals surface area contributed by atoms with Crippen LogP contribution in [-0.4, -0.2) is 69.5 Å². The lowest BCUT2D eigenvalue weighted by Gasteiger charge is -2.34. The minimum absolute atomic E-state index is 0.0277. The highest BCUT2D eigenvalue weighted by molar-refractivity contribution is 8.01. The lowest BCUT2D eigenvalue weighted by atomic mass is 10.2. The van der Waals surface area contributed by atoms with Gasteiger partial charge in [0.1, 0.15) is 12.1 Å². The molecule has 0 saturated carbocycles. The SMILES string of the molecule is CCOC(=O)C(C)N1C(=O)CSc2ccc([N+](=O)[O-])cc21.CCOC(=O)C(C)N1C(=S)CSc2ccc([N+](=O)[O-])cc21. The van der Waals surface area contributed by atoms with Gasteiger partial charge in [-0.2, -0.15) is 0 Å². The zero-order valence-corrected chi connectivity index (χ0v) is 25.6. The van der Waals surface area contributed by atoms with Crippen molar-refractivity contribution in [2.75, 3.05) is 34.5 Å². The van der Waals surface area contributed by atoms with Crippen molar-refractivity contribution in [3.05, 3.63) is 56.6 Å². The van der Waals surface area contributed by atoms with Gasteiger partial charge in [-0.1, -0.05) is 12.2 Å². The molecule has 2 heterocycles. The van der Waals surface area contributed by atoms with Crippen LogP contribution in [0.3, 0.4) is 0 Å². The van der Waals surface area contributed by atoms with Crippen LogP contribution in [-0.2, 0) is 23.9 Å². The number of benzene rings is 2. The maximum atomic E-state index is 12.1. The van der Waals surface area contributed by atoms with E-state index in [4.69, 9.17) is 21.7 Å². The molecule has 2 aliphatic heterocycles. The predicted octanol–water partition coefficient (Wildman–Crippen LogP) is 4.77. The number of rotatable bonds is 8. The number of amides is 1. The molecule has 224 valence electrons. The first kappa shape index (κ1) is 32.8. The van der Waals surface area contributed by atoms with Gasteiger partial charge >= 0.3 is 11.9 Å². The van der Waals surface area contributed by atoms with E-state index in [1.807, 2.05) is 0 Å². The fourth-order valence-corrected chi connectivity index (χ4v) is 6.34. The average Bonchev–Trinajstić information content (AvgIpc) is 2.96. The first-order valence-corrected chi connectivity index (χ1v) is 15.1. The van der Waals surface area contributed by atoms with E-state index in [-0.39, 0.29) is 36.2 Å². The van der Waals surface area contributed by atoms with Crippen molar-refractivity contribution in [2.24, 2.45) is 0 Å². The first-order valence-electron chi connectivity index (χ1n) is 12.7. The van der Waals surface area contributed by atoms with Gasteiger partial charge in [-0.05, 0) is 39.8 Å². The minimum atomic E-state index is -0.820. The maximum absolute atomic E-state index is 12.1. The largest absolute Gasteiger partial charge is 0.464 e. The Hall–Kier alpha value is -3.76. The Kier molecular flexibility index (Phi) is 11.2. The Balaban J connectivity index is 0.000000230. The summed E-state index contributed by atoms with van der Waals surface area (Å²) in [5.41, 5.74) is 0.822. The molecule has 0 N–H and O–H groups in total. The molecular formula is C26H28N4O9S3.